The molecule has 2 aromatic rings. The van der Waals surface area contributed by atoms with Crippen molar-refractivity contribution in [2.24, 2.45) is 0 Å². The van der Waals surface area contributed by atoms with Gasteiger partial charge in [0.15, 0.2) is 11.5 Å². The summed E-state index contributed by atoms with van der Waals surface area (Å²) in [4.78, 5) is 16.5. The lowest BCUT2D eigenvalue weighted by molar-refractivity contribution is -0.121. The Hall–Kier alpha value is -2.25. The molecule has 1 atom stereocenters. The van der Waals surface area contributed by atoms with Gasteiger partial charge in [0, 0.05) is 31.2 Å². The molecule has 0 fully saturated rings. The number of amides is 1. The molecule has 0 saturated heterocycles. The van der Waals surface area contributed by atoms with Gasteiger partial charge in [0.05, 0.1) is 25.5 Å². The summed E-state index contributed by atoms with van der Waals surface area (Å²) in [5.41, 5.74) is 1.99. The molecule has 1 aromatic heterocycles. The maximum Gasteiger partial charge on any atom is 0.221 e. The van der Waals surface area contributed by atoms with Crippen LogP contribution in [0.5, 0.6) is 11.5 Å². The third-order valence-electron chi connectivity index (χ3n) is 4.06. The van der Waals surface area contributed by atoms with Crippen LogP contribution < -0.4 is 14.8 Å². The Morgan fingerprint density at radius 1 is 1.18 bits per heavy atom. The second-order valence-electron chi connectivity index (χ2n) is 6.16. The van der Waals surface area contributed by atoms with Crippen LogP contribution >= 0.6 is 11.8 Å². The van der Waals surface area contributed by atoms with Crippen molar-refractivity contribution in [3.05, 3.63) is 53.9 Å². The Kier molecular flexibility index (Phi) is 9.65. The van der Waals surface area contributed by atoms with Gasteiger partial charge in [-0.25, -0.2) is 0 Å². The molecule has 0 saturated carbocycles. The molecule has 152 valence electrons. The molecule has 0 aliphatic carbocycles. The molecule has 1 N–H and O–H groups in total. The minimum absolute atomic E-state index is 0.0282. The summed E-state index contributed by atoms with van der Waals surface area (Å²) >= 11 is 1.70. The van der Waals surface area contributed by atoms with E-state index >= 15 is 0 Å². The Balaban J connectivity index is 1.79. The first-order chi connectivity index (χ1) is 13.6. The predicted octanol–water partition coefficient (Wildman–Crippen LogP) is 3.62. The van der Waals surface area contributed by atoms with Gasteiger partial charge in [-0.15, -0.1) is 0 Å². The molecular formula is C21H28N2O4S. The minimum atomic E-state index is -0.116. The van der Waals surface area contributed by atoms with Gasteiger partial charge in [0.2, 0.25) is 5.91 Å². The third-order valence-corrected chi connectivity index (χ3v) is 5.05. The Labute approximate surface area is 171 Å². The van der Waals surface area contributed by atoms with Crippen LogP contribution in [-0.2, 0) is 15.3 Å². The first-order valence-corrected chi connectivity index (χ1v) is 10.4. The summed E-state index contributed by atoms with van der Waals surface area (Å²) in [6, 6.07) is 11.4. The zero-order chi connectivity index (χ0) is 20.2. The molecule has 6 nitrogen and oxygen atoms in total. The molecule has 0 spiro atoms. The fourth-order valence-corrected chi connectivity index (χ4v) is 3.38. The highest BCUT2D eigenvalue weighted by atomic mass is 32.2. The van der Waals surface area contributed by atoms with E-state index in [4.69, 9.17) is 14.2 Å². The molecule has 0 aliphatic rings. The van der Waals surface area contributed by atoms with Crippen molar-refractivity contribution < 1.29 is 19.0 Å². The van der Waals surface area contributed by atoms with Gasteiger partial charge in [-0.3, -0.25) is 9.78 Å². The second-order valence-corrected chi connectivity index (χ2v) is 7.27. The van der Waals surface area contributed by atoms with Crippen molar-refractivity contribution >= 4 is 17.7 Å². The van der Waals surface area contributed by atoms with Crippen molar-refractivity contribution in [2.45, 2.75) is 25.1 Å². The number of benzene rings is 1. The van der Waals surface area contributed by atoms with Crippen molar-refractivity contribution in [1.29, 1.82) is 0 Å². The zero-order valence-electron chi connectivity index (χ0n) is 16.6. The number of carbonyl (C=O) groups is 1. The topological polar surface area (TPSA) is 69.7 Å². The summed E-state index contributed by atoms with van der Waals surface area (Å²) < 4.78 is 16.0. The molecule has 0 aliphatic heterocycles. The lowest BCUT2D eigenvalue weighted by atomic mass is 10.1. The zero-order valence-corrected chi connectivity index (χ0v) is 17.5. The average Bonchev–Trinajstić information content (AvgIpc) is 2.72. The SMILES string of the molecule is COCCOc1ccc(C(C)NC(=O)CCSCc2ccccn2)cc1OC. The van der Waals surface area contributed by atoms with Crippen molar-refractivity contribution in [2.75, 3.05) is 33.2 Å². The minimum Gasteiger partial charge on any atom is -0.493 e. The molecule has 7 heteroatoms. The van der Waals surface area contributed by atoms with Gasteiger partial charge < -0.3 is 19.5 Å². The second kappa shape index (κ2) is 12.3. The number of thioether (sulfide) groups is 1. The molecule has 28 heavy (non-hydrogen) atoms. The maximum atomic E-state index is 12.2. The van der Waals surface area contributed by atoms with E-state index in [1.165, 1.54) is 0 Å². The van der Waals surface area contributed by atoms with Crippen LogP contribution in [0, 0.1) is 0 Å². The summed E-state index contributed by atoms with van der Waals surface area (Å²) in [5, 5.41) is 3.03. The van der Waals surface area contributed by atoms with E-state index in [0.717, 1.165) is 22.8 Å². The fraction of sp³-hybridized carbons (Fsp3) is 0.429. The number of pyridine rings is 1. The van der Waals surface area contributed by atoms with E-state index in [0.29, 0.717) is 31.1 Å². The van der Waals surface area contributed by atoms with Gasteiger partial charge in [-0.05, 0) is 36.8 Å². The van der Waals surface area contributed by atoms with E-state index in [-0.39, 0.29) is 11.9 Å². The highest BCUT2D eigenvalue weighted by molar-refractivity contribution is 7.98. The maximum absolute atomic E-state index is 12.2. The Morgan fingerprint density at radius 2 is 2.04 bits per heavy atom. The van der Waals surface area contributed by atoms with E-state index in [2.05, 4.69) is 10.3 Å². The fourth-order valence-electron chi connectivity index (χ4n) is 2.53. The van der Waals surface area contributed by atoms with Crippen molar-refractivity contribution in [3.63, 3.8) is 0 Å². The molecule has 1 heterocycles. The summed E-state index contributed by atoms with van der Waals surface area (Å²) in [5.74, 6) is 2.89. The van der Waals surface area contributed by atoms with Crippen LogP contribution in [0.2, 0.25) is 0 Å². The smallest absolute Gasteiger partial charge is 0.221 e. The lowest BCUT2D eigenvalue weighted by Gasteiger charge is -2.17. The normalized spacial score (nSPS) is 11.7. The van der Waals surface area contributed by atoms with Gasteiger partial charge in [-0.1, -0.05) is 12.1 Å². The van der Waals surface area contributed by atoms with Crippen LogP contribution in [0.4, 0.5) is 0 Å². The first-order valence-electron chi connectivity index (χ1n) is 9.20. The van der Waals surface area contributed by atoms with E-state index in [1.807, 2.05) is 43.3 Å². The van der Waals surface area contributed by atoms with Gasteiger partial charge in [0.1, 0.15) is 6.61 Å². The van der Waals surface area contributed by atoms with Crippen molar-refractivity contribution in [1.82, 2.24) is 10.3 Å². The van der Waals surface area contributed by atoms with Crippen molar-refractivity contribution in [3.8, 4) is 11.5 Å². The van der Waals surface area contributed by atoms with Gasteiger partial charge >= 0.3 is 0 Å². The molecular weight excluding hydrogens is 376 g/mol. The van der Waals surface area contributed by atoms with E-state index < -0.39 is 0 Å². The highest BCUT2D eigenvalue weighted by Crippen LogP contribution is 2.30. The van der Waals surface area contributed by atoms with Gasteiger partial charge in [-0.2, -0.15) is 11.8 Å². The Morgan fingerprint density at radius 3 is 2.75 bits per heavy atom. The van der Waals surface area contributed by atoms with Crippen LogP contribution in [0.15, 0.2) is 42.6 Å². The van der Waals surface area contributed by atoms with Crippen LogP contribution in [0.25, 0.3) is 0 Å². The predicted molar refractivity (Wildman–Crippen MR) is 112 cm³/mol. The number of aromatic nitrogens is 1. The number of ether oxygens (including phenoxy) is 3. The number of hydrogen-bond acceptors (Lipinski definition) is 6. The number of carbonyl (C=O) groups excluding carboxylic acids is 1. The summed E-state index contributed by atoms with van der Waals surface area (Å²) in [7, 11) is 3.23. The number of rotatable bonds is 12. The molecule has 2 rings (SSSR count). The number of nitrogens with zero attached hydrogens (tertiary/aromatic N) is 1. The standard InChI is InChI=1S/C21H28N2O4S/c1-16(17-7-8-19(20(14-17)26-3)27-12-11-25-2)23-21(24)9-13-28-15-18-6-4-5-10-22-18/h4-8,10,14,16H,9,11-13,15H2,1-3H3,(H,23,24). The molecule has 1 unspecified atom stereocenters. The summed E-state index contributed by atoms with van der Waals surface area (Å²) in [6.45, 7) is 2.92. The number of hydrogen-bond donors (Lipinski definition) is 1. The number of nitrogens with one attached hydrogen (secondary N) is 1. The summed E-state index contributed by atoms with van der Waals surface area (Å²) in [6.07, 6.45) is 2.25. The van der Waals surface area contributed by atoms with E-state index in [9.17, 15) is 4.79 Å². The molecule has 0 radical (unpaired) electrons. The quantitative estimate of drug-likeness (QED) is 0.545. The third kappa shape index (κ3) is 7.40. The van der Waals surface area contributed by atoms with Gasteiger partial charge in [0.25, 0.3) is 0 Å². The molecule has 0 bridgehead atoms. The average molecular weight is 405 g/mol. The molecule has 1 aromatic carbocycles. The first kappa shape index (κ1) is 22.0. The van der Waals surface area contributed by atoms with Crippen LogP contribution in [-0.4, -0.2) is 44.1 Å². The van der Waals surface area contributed by atoms with E-state index in [1.54, 1.807) is 32.2 Å². The monoisotopic (exact) mass is 404 g/mol. The van der Waals surface area contributed by atoms with Crippen LogP contribution in [0.3, 0.4) is 0 Å². The lowest BCUT2D eigenvalue weighted by Crippen LogP contribution is -2.26. The molecule has 1 amide bonds. The number of methoxy groups -OCH3 is 2. The largest absolute Gasteiger partial charge is 0.493 e. The Bertz CT molecular complexity index is 728. The van der Waals surface area contributed by atoms with Crippen LogP contribution in [0.1, 0.15) is 30.6 Å². The highest BCUT2D eigenvalue weighted by Gasteiger charge is 2.13.